The third kappa shape index (κ3) is 3.32. The van der Waals surface area contributed by atoms with Gasteiger partial charge in [-0.25, -0.2) is 4.39 Å². The molecule has 0 aliphatic heterocycles. The number of nitrogens with one attached hydrogen (secondary N) is 1. The number of benzene rings is 1. The van der Waals surface area contributed by atoms with Crippen molar-refractivity contribution >= 4 is 17.3 Å². The number of anilines is 2. The van der Waals surface area contributed by atoms with Crippen molar-refractivity contribution in [2.24, 2.45) is 0 Å². The Balaban J connectivity index is 1.78. The predicted octanol–water partition coefficient (Wildman–Crippen LogP) is 3.12. The fraction of sp³-hybridized carbons (Fsp3) is 0. The Labute approximate surface area is 132 Å². The predicted molar refractivity (Wildman–Crippen MR) is 86.2 cm³/mol. The molecule has 2 heterocycles. The molecule has 0 atom stereocenters. The maximum Gasteiger partial charge on any atom is 0.258 e. The van der Waals surface area contributed by atoms with Crippen molar-refractivity contribution in [2.45, 2.75) is 0 Å². The minimum atomic E-state index is -0.628. The highest BCUT2D eigenvalue weighted by Crippen LogP contribution is 2.18. The Morgan fingerprint density at radius 3 is 2.70 bits per heavy atom. The van der Waals surface area contributed by atoms with Crippen molar-refractivity contribution < 1.29 is 9.18 Å². The van der Waals surface area contributed by atoms with Crippen LogP contribution in [0.1, 0.15) is 10.4 Å². The summed E-state index contributed by atoms with van der Waals surface area (Å²) in [6, 6.07) is 11.0. The van der Waals surface area contributed by atoms with Gasteiger partial charge < -0.3 is 11.1 Å². The number of nitrogens with two attached hydrogens (primary N) is 1. The minimum Gasteiger partial charge on any atom is -0.399 e. The molecule has 114 valence electrons. The number of halogens is 1. The van der Waals surface area contributed by atoms with Gasteiger partial charge in [-0.3, -0.25) is 14.8 Å². The van der Waals surface area contributed by atoms with Gasteiger partial charge in [-0.15, -0.1) is 0 Å². The summed E-state index contributed by atoms with van der Waals surface area (Å²) >= 11 is 0. The van der Waals surface area contributed by atoms with Gasteiger partial charge in [0.25, 0.3) is 5.91 Å². The summed E-state index contributed by atoms with van der Waals surface area (Å²) in [6.07, 6.45) is 4.88. The number of carbonyl (C=O) groups excluding carboxylic acids is 1. The van der Waals surface area contributed by atoms with E-state index in [0.717, 1.165) is 17.3 Å². The van der Waals surface area contributed by atoms with Crippen LogP contribution in [0.2, 0.25) is 0 Å². The summed E-state index contributed by atoms with van der Waals surface area (Å²) in [5, 5.41) is 2.59. The van der Waals surface area contributed by atoms with Crippen LogP contribution in [0.15, 0.2) is 61.1 Å². The summed E-state index contributed by atoms with van der Waals surface area (Å²) in [5.74, 6) is -1.21. The van der Waals surface area contributed by atoms with Gasteiger partial charge in [-0.1, -0.05) is 0 Å². The molecule has 23 heavy (non-hydrogen) atoms. The van der Waals surface area contributed by atoms with E-state index in [4.69, 9.17) is 5.73 Å². The van der Waals surface area contributed by atoms with Gasteiger partial charge in [0.1, 0.15) is 5.82 Å². The van der Waals surface area contributed by atoms with Gasteiger partial charge in [-0.2, -0.15) is 0 Å². The largest absolute Gasteiger partial charge is 0.399 e. The molecule has 0 saturated carbocycles. The molecule has 1 aromatic carbocycles. The second-order valence-electron chi connectivity index (χ2n) is 4.87. The van der Waals surface area contributed by atoms with E-state index < -0.39 is 11.7 Å². The van der Waals surface area contributed by atoms with E-state index in [2.05, 4.69) is 15.3 Å². The summed E-state index contributed by atoms with van der Waals surface area (Å²) in [6.45, 7) is 0. The van der Waals surface area contributed by atoms with Gasteiger partial charge in [-0.05, 0) is 42.5 Å². The molecule has 3 aromatic rings. The molecule has 2 aromatic heterocycles. The number of pyridine rings is 2. The monoisotopic (exact) mass is 308 g/mol. The van der Waals surface area contributed by atoms with Crippen molar-refractivity contribution in [3.8, 4) is 11.3 Å². The number of amides is 1. The van der Waals surface area contributed by atoms with Crippen LogP contribution in [0.4, 0.5) is 15.8 Å². The molecule has 0 spiro atoms. The zero-order valence-electron chi connectivity index (χ0n) is 12.0. The van der Waals surface area contributed by atoms with Gasteiger partial charge in [0, 0.05) is 23.6 Å². The van der Waals surface area contributed by atoms with E-state index in [0.29, 0.717) is 11.4 Å². The Morgan fingerprint density at radius 1 is 1.13 bits per heavy atom. The molecular formula is C17H13FN4O. The summed E-state index contributed by atoms with van der Waals surface area (Å²) < 4.78 is 13.7. The number of hydrogen-bond donors (Lipinski definition) is 2. The average molecular weight is 308 g/mol. The Kier molecular flexibility index (Phi) is 3.97. The molecule has 0 fully saturated rings. The lowest BCUT2D eigenvalue weighted by molar-refractivity contribution is 0.102. The summed E-state index contributed by atoms with van der Waals surface area (Å²) in [4.78, 5) is 20.4. The lowest BCUT2D eigenvalue weighted by atomic mass is 10.1. The Hall–Kier alpha value is -3.28. The van der Waals surface area contributed by atoms with Gasteiger partial charge in [0.2, 0.25) is 0 Å². The van der Waals surface area contributed by atoms with Crippen molar-refractivity contribution in [3.63, 3.8) is 0 Å². The first kappa shape index (κ1) is 14.6. The van der Waals surface area contributed by atoms with Gasteiger partial charge in [0.05, 0.1) is 23.1 Å². The second kappa shape index (κ2) is 6.23. The van der Waals surface area contributed by atoms with Crippen LogP contribution in [0, 0.1) is 5.82 Å². The second-order valence-corrected chi connectivity index (χ2v) is 4.87. The zero-order chi connectivity index (χ0) is 16.2. The lowest BCUT2D eigenvalue weighted by Crippen LogP contribution is -2.14. The van der Waals surface area contributed by atoms with Crippen LogP contribution < -0.4 is 11.1 Å². The highest BCUT2D eigenvalue weighted by atomic mass is 19.1. The smallest absolute Gasteiger partial charge is 0.258 e. The summed E-state index contributed by atoms with van der Waals surface area (Å²) in [5.41, 5.74) is 7.85. The first-order valence-electron chi connectivity index (χ1n) is 6.86. The van der Waals surface area contributed by atoms with E-state index in [1.165, 1.54) is 18.3 Å². The maximum atomic E-state index is 13.7. The van der Waals surface area contributed by atoms with E-state index in [1.807, 2.05) is 12.1 Å². The number of rotatable bonds is 3. The number of nitrogen functional groups attached to an aromatic ring is 1. The number of hydrogen-bond acceptors (Lipinski definition) is 4. The molecule has 0 bridgehead atoms. The van der Waals surface area contributed by atoms with Gasteiger partial charge >= 0.3 is 0 Å². The molecular weight excluding hydrogens is 295 g/mol. The van der Waals surface area contributed by atoms with Crippen LogP contribution >= 0.6 is 0 Å². The van der Waals surface area contributed by atoms with Gasteiger partial charge in [0.15, 0.2) is 0 Å². The first-order valence-corrected chi connectivity index (χ1v) is 6.86. The SMILES string of the molecule is Nc1ccc(F)c(C(=O)Nc2ccc(-c3cccnc3)nc2)c1. The molecule has 3 rings (SSSR count). The van der Waals surface area contributed by atoms with Crippen LogP contribution in [-0.2, 0) is 0 Å². The van der Waals surface area contributed by atoms with Crippen molar-refractivity contribution in [1.82, 2.24) is 9.97 Å². The topological polar surface area (TPSA) is 80.9 Å². The number of nitrogens with zero attached hydrogens (tertiary/aromatic N) is 2. The number of carbonyl (C=O) groups is 1. The minimum absolute atomic E-state index is 0.110. The van der Waals surface area contributed by atoms with E-state index in [-0.39, 0.29) is 5.56 Å². The molecule has 3 N–H and O–H groups in total. The lowest BCUT2D eigenvalue weighted by Gasteiger charge is -2.07. The van der Waals surface area contributed by atoms with Crippen molar-refractivity contribution in [3.05, 3.63) is 72.4 Å². The molecule has 0 aliphatic rings. The van der Waals surface area contributed by atoms with Crippen LogP contribution in [0.25, 0.3) is 11.3 Å². The molecule has 0 aliphatic carbocycles. The van der Waals surface area contributed by atoms with Crippen molar-refractivity contribution in [2.75, 3.05) is 11.1 Å². The maximum absolute atomic E-state index is 13.7. The van der Waals surface area contributed by atoms with E-state index >= 15 is 0 Å². The van der Waals surface area contributed by atoms with E-state index in [1.54, 1.807) is 24.5 Å². The molecule has 0 radical (unpaired) electrons. The normalized spacial score (nSPS) is 10.3. The third-order valence-electron chi connectivity index (χ3n) is 3.21. The molecule has 6 heteroatoms. The highest BCUT2D eigenvalue weighted by molar-refractivity contribution is 6.04. The van der Waals surface area contributed by atoms with Crippen molar-refractivity contribution in [1.29, 1.82) is 0 Å². The molecule has 1 amide bonds. The Morgan fingerprint density at radius 2 is 2.00 bits per heavy atom. The standard InChI is InChI=1S/C17H13FN4O/c18-15-5-3-12(19)8-14(15)17(23)22-13-4-6-16(21-10-13)11-2-1-7-20-9-11/h1-10H,19H2,(H,22,23). The van der Waals surface area contributed by atoms with Crippen LogP contribution in [0.5, 0.6) is 0 Å². The summed E-state index contributed by atoms with van der Waals surface area (Å²) in [7, 11) is 0. The number of aromatic nitrogens is 2. The third-order valence-corrected chi connectivity index (χ3v) is 3.21. The average Bonchev–Trinajstić information content (AvgIpc) is 2.58. The van der Waals surface area contributed by atoms with Crippen LogP contribution in [0.3, 0.4) is 0 Å². The fourth-order valence-electron chi connectivity index (χ4n) is 2.07. The Bertz CT molecular complexity index is 835. The zero-order valence-corrected chi connectivity index (χ0v) is 12.0. The fourth-order valence-corrected chi connectivity index (χ4v) is 2.07. The molecule has 0 unspecified atom stereocenters. The first-order chi connectivity index (χ1) is 11.1. The quantitative estimate of drug-likeness (QED) is 0.728. The van der Waals surface area contributed by atoms with E-state index in [9.17, 15) is 9.18 Å². The molecule has 5 nitrogen and oxygen atoms in total. The molecule has 0 saturated heterocycles. The highest BCUT2D eigenvalue weighted by Gasteiger charge is 2.12. The van der Waals surface area contributed by atoms with Crippen LogP contribution in [-0.4, -0.2) is 15.9 Å².